The molecule has 0 bridgehead atoms. The molecule has 0 aliphatic heterocycles. The summed E-state index contributed by atoms with van der Waals surface area (Å²) in [4.78, 5) is 12.3. The highest BCUT2D eigenvalue weighted by Gasteiger charge is 2.14. The van der Waals surface area contributed by atoms with Crippen molar-refractivity contribution in [1.29, 1.82) is 0 Å². The summed E-state index contributed by atoms with van der Waals surface area (Å²) in [5.74, 6) is 1.60. The number of benzene rings is 1. The number of carbonyl (C=O) groups is 1. The normalized spacial score (nSPS) is 11.1. The first-order valence-corrected chi connectivity index (χ1v) is 9.77. The van der Waals surface area contributed by atoms with Gasteiger partial charge in [-0.25, -0.2) is 0 Å². The van der Waals surface area contributed by atoms with Gasteiger partial charge in [-0.2, -0.15) is 0 Å². The molecule has 0 unspecified atom stereocenters. The van der Waals surface area contributed by atoms with E-state index in [2.05, 4.69) is 25.7 Å². The molecule has 0 radical (unpaired) electrons. The van der Waals surface area contributed by atoms with Crippen LogP contribution in [0.3, 0.4) is 0 Å². The molecule has 9 heteroatoms. The molecule has 3 aromatic heterocycles. The van der Waals surface area contributed by atoms with Crippen molar-refractivity contribution in [2.75, 3.05) is 5.75 Å². The molecule has 0 saturated heterocycles. The van der Waals surface area contributed by atoms with Crippen LogP contribution in [-0.2, 0) is 11.3 Å². The average Bonchev–Trinajstić information content (AvgIpc) is 3.29. The van der Waals surface area contributed by atoms with Crippen LogP contribution in [0.25, 0.3) is 11.3 Å². The van der Waals surface area contributed by atoms with E-state index in [1.165, 1.54) is 17.3 Å². The number of pyridine rings is 1. The number of carbonyl (C=O) groups excluding carboxylic acids is 1. The Morgan fingerprint density at radius 3 is 2.68 bits per heavy atom. The number of aromatic nitrogens is 6. The fraction of sp³-hybridized carbons (Fsp3) is 0.211. The van der Waals surface area contributed by atoms with Crippen LogP contribution in [0.1, 0.15) is 17.2 Å². The number of hydrogen-bond acceptors (Lipinski definition) is 6. The van der Waals surface area contributed by atoms with Crippen LogP contribution in [-0.4, -0.2) is 41.0 Å². The molecule has 0 saturated carbocycles. The van der Waals surface area contributed by atoms with E-state index < -0.39 is 0 Å². The summed E-state index contributed by atoms with van der Waals surface area (Å²) in [7, 11) is 0. The SMILES string of the molecule is Cc1ccc(-n2c(C)nnc2SCC(=O)NCc2nnc3ccccn23)cc1. The minimum Gasteiger partial charge on any atom is -0.348 e. The van der Waals surface area contributed by atoms with Crippen molar-refractivity contribution in [2.24, 2.45) is 0 Å². The van der Waals surface area contributed by atoms with E-state index >= 15 is 0 Å². The summed E-state index contributed by atoms with van der Waals surface area (Å²) < 4.78 is 3.80. The lowest BCUT2D eigenvalue weighted by Gasteiger charge is -2.09. The third-order valence-corrected chi connectivity index (χ3v) is 5.18. The standard InChI is InChI=1S/C19H19N7OS/c1-13-6-8-15(9-7-13)26-14(2)21-24-19(26)28-12-18(27)20-11-17-23-22-16-5-3-4-10-25(16)17/h3-10H,11-12H2,1-2H3,(H,20,27). The van der Waals surface area contributed by atoms with Crippen molar-refractivity contribution in [3.63, 3.8) is 0 Å². The lowest BCUT2D eigenvalue weighted by Crippen LogP contribution is -2.25. The summed E-state index contributed by atoms with van der Waals surface area (Å²) >= 11 is 1.35. The van der Waals surface area contributed by atoms with Crippen LogP contribution in [0.15, 0.2) is 53.8 Å². The molecular weight excluding hydrogens is 374 g/mol. The summed E-state index contributed by atoms with van der Waals surface area (Å²) in [6.45, 7) is 4.25. The minimum absolute atomic E-state index is 0.103. The Kier molecular flexibility index (Phi) is 5.07. The molecule has 1 amide bonds. The number of hydrogen-bond donors (Lipinski definition) is 1. The highest BCUT2D eigenvalue weighted by molar-refractivity contribution is 7.99. The van der Waals surface area contributed by atoms with E-state index in [0.29, 0.717) is 17.5 Å². The first-order valence-electron chi connectivity index (χ1n) is 8.79. The Balaban J connectivity index is 1.39. The minimum atomic E-state index is -0.103. The smallest absolute Gasteiger partial charge is 0.230 e. The third kappa shape index (κ3) is 3.74. The molecule has 0 aliphatic rings. The van der Waals surface area contributed by atoms with E-state index in [0.717, 1.165) is 17.2 Å². The molecule has 28 heavy (non-hydrogen) atoms. The second-order valence-corrected chi connectivity index (χ2v) is 7.25. The molecule has 0 aliphatic carbocycles. The Bertz CT molecular complexity index is 1120. The van der Waals surface area contributed by atoms with Crippen molar-refractivity contribution in [3.05, 3.63) is 65.9 Å². The monoisotopic (exact) mass is 393 g/mol. The van der Waals surface area contributed by atoms with Gasteiger partial charge in [0.1, 0.15) is 5.82 Å². The zero-order chi connectivity index (χ0) is 19.5. The van der Waals surface area contributed by atoms with E-state index in [1.54, 1.807) is 0 Å². The zero-order valence-corrected chi connectivity index (χ0v) is 16.3. The zero-order valence-electron chi connectivity index (χ0n) is 15.5. The largest absolute Gasteiger partial charge is 0.348 e. The van der Waals surface area contributed by atoms with Crippen molar-refractivity contribution in [3.8, 4) is 5.69 Å². The van der Waals surface area contributed by atoms with Gasteiger partial charge in [0.25, 0.3) is 0 Å². The van der Waals surface area contributed by atoms with E-state index in [9.17, 15) is 4.79 Å². The molecule has 8 nitrogen and oxygen atoms in total. The van der Waals surface area contributed by atoms with Gasteiger partial charge in [-0.05, 0) is 38.1 Å². The predicted octanol–water partition coefficient (Wildman–Crippen LogP) is 2.34. The molecule has 4 rings (SSSR count). The summed E-state index contributed by atoms with van der Waals surface area (Å²) in [6.07, 6.45) is 1.87. The first-order chi connectivity index (χ1) is 13.6. The van der Waals surface area contributed by atoms with Crippen LogP contribution >= 0.6 is 11.8 Å². The molecule has 142 valence electrons. The number of fused-ring (bicyclic) bond motifs is 1. The van der Waals surface area contributed by atoms with Crippen molar-refractivity contribution >= 4 is 23.3 Å². The number of amides is 1. The third-order valence-electron chi connectivity index (χ3n) is 4.25. The van der Waals surface area contributed by atoms with Gasteiger partial charge in [0.05, 0.1) is 12.3 Å². The summed E-state index contributed by atoms with van der Waals surface area (Å²) in [6, 6.07) is 13.8. The second kappa shape index (κ2) is 7.81. The topological polar surface area (TPSA) is 90.0 Å². The molecule has 0 fully saturated rings. The maximum absolute atomic E-state index is 12.3. The van der Waals surface area contributed by atoms with Crippen molar-refractivity contribution in [2.45, 2.75) is 25.5 Å². The first kappa shape index (κ1) is 18.2. The van der Waals surface area contributed by atoms with Gasteiger partial charge in [0.15, 0.2) is 16.6 Å². The average molecular weight is 393 g/mol. The van der Waals surface area contributed by atoms with E-state index in [-0.39, 0.29) is 11.7 Å². The molecule has 4 aromatic rings. The van der Waals surface area contributed by atoms with Gasteiger partial charge in [0, 0.05) is 11.9 Å². The maximum Gasteiger partial charge on any atom is 0.230 e. The molecular formula is C19H19N7OS. The van der Waals surface area contributed by atoms with E-state index in [4.69, 9.17) is 0 Å². The highest BCUT2D eigenvalue weighted by Crippen LogP contribution is 2.22. The molecule has 0 spiro atoms. The van der Waals surface area contributed by atoms with Gasteiger partial charge >= 0.3 is 0 Å². The summed E-state index contributed by atoms with van der Waals surface area (Å²) in [5.41, 5.74) is 2.91. The van der Waals surface area contributed by atoms with E-state index in [1.807, 2.05) is 71.5 Å². The van der Waals surface area contributed by atoms with Crippen LogP contribution in [0, 0.1) is 13.8 Å². The number of thioether (sulfide) groups is 1. The molecule has 0 atom stereocenters. The number of nitrogens with zero attached hydrogens (tertiary/aromatic N) is 6. The van der Waals surface area contributed by atoms with Gasteiger partial charge in [-0.1, -0.05) is 35.5 Å². The number of rotatable bonds is 6. The fourth-order valence-corrected chi connectivity index (χ4v) is 3.63. The maximum atomic E-state index is 12.3. The van der Waals surface area contributed by atoms with Crippen molar-refractivity contribution in [1.82, 2.24) is 34.7 Å². The van der Waals surface area contributed by atoms with Gasteiger partial charge < -0.3 is 5.32 Å². The molecule has 3 heterocycles. The quantitative estimate of drug-likeness (QED) is 0.506. The fourth-order valence-electron chi connectivity index (χ4n) is 2.80. The molecule has 1 N–H and O–H groups in total. The molecule has 1 aromatic carbocycles. The van der Waals surface area contributed by atoms with Crippen LogP contribution < -0.4 is 5.32 Å². The van der Waals surface area contributed by atoms with Gasteiger partial charge in [-0.3, -0.25) is 13.8 Å². The number of nitrogens with one attached hydrogen (secondary N) is 1. The van der Waals surface area contributed by atoms with Crippen LogP contribution in [0.2, 0.25) is 0 Å². The Morgan fingerprint density at radius 1 is 1.04 bits per heavy atom. The highest BCUT2D eigenvalue weighted by atomic mass is 32.2. The number of aryl methyl sites for hydroxylation is 2. The Labute approximate surface area is 166 Å². The Morgan fingerprint density at radius 2 is 1.86 bits per heavy atom. The van der Waals surface area contributed by atoms with Crippen LogP contribution in [0.4, 0.5) is 0 Å². The second-order valence-electron chi connectivity index (χ2n) is 6.31. The predicted molar refractivity (Wildman–Crippen MR) is 106 cm³/mol. The van der Waals surface area contributed by atoms with Gasteiger partial charge in [0.2, 0.25) is 5.91 Å². The Hall–Kier alpha value is -3.20. The van der Waals surface area contributed by atoms with Crippen molar-refractivity contribution < 1.29 is 4.79 Å². The lowest BCUT2D eigenvalue weighted by molar-refractivity contribution is -0.118. The van der Waals surface area contributed by atoms with Gasteiger partial charge in [-0.15, -0.1) is 20.4 Å². The summed E-state index contributed by atoms with van der Waals surface area (Å²) in [5, 5.41) is 20.1. The van der Waals surface area contributed by atoms with Crippen LogP contribution in [0.5, 0.6) is 0 Å². The lowest BCUT2D eigenvalue weighted by atomic mass is 10.2.